The van der Waals surface area contributed by atoms with E-state index in [1.165, 1.54) is 6.07 Å². The molecule has 106 valence electrons. The summed E-state index contributed by atoms with van der Waals surface area (Å²) < 4.78 is 0. The summed E-state index contributed by atoms with van der Waals surface area (Å²) in [4.78, 5) is 24.8. The molecule has 0 bridgehead atoms. The van der Waals surface area contributed by atoms with Crippen molar-refractivity contribution >= 4 is 11.6 Å². The topological polar surface area (TPSA) is 63.5 Å². The molecule has 0 radical (unpaired) electrons. The highest BCUT2D eigenvalue weighted by molar-refractivity contribution is 5.96. The fourth-order valence-corrected chi connectivity index (χ4v) is 2.65. The van der Waals surface area contributed by atoms with Crippen LogP contribution in [0, 0.1) is 10.1 Å². The Balaban J connectivity index is 1.88. The molecule has 0 spiro atoms. The van der Waals surface area contributed by atoms with Gasteiger partial charge in [0.05, 0.1) is 11.5 Å². The lowest BCUT2D eigenvalue weighted by Gasteiger charge is -2.28. The van der Waals surface area contributed by atoms with Gasteiger partial charge in [0.15, 0.2) is 0 Å². The van der Waals surface area contributed by atoms with E-state index in [1.54, 1.807) is 23.1 Å². The van der Waals surface area contributed by atoms with Crippen molar-refractivity contribution in [2.75, 3.05) is 6.54 Å². The Hall–Kier alpha value is -2.69. The van der Waals surface area contributed by atoms with E-state index in [9.17, 15) is 14.9 Å². The lowest BCUT2D eigenvalue weighted by molar-refractivity contribution is -0.385. The summed E-state index contributed by atoms with van der Waals surface area (Å²) in [5, 5.41) is 11.0. The smallest absolute Gasteiger partial charge is 0.274 e. The predicted molar refractivity (Wildman–Crippen MR) is 78.0 cm³/mol. The molecule has 5 nitrogen and oxygen atoms in total. The number of amides is 1. The maximum atomic E-state index is 12.5. The number of fused-ring (bicyclic) bond motifs is 1. The van der Waals surface area contributed by atoms with Crippen LogP contribution in [-0.2, 0) is 13.0 Å². The molecule has 0 saturated heterocycles. The van der Waals surface area contributed by atoms with Crippen molar-refractivity contribution in [1.82, 2.24) is 4.90 Å². The lowest BCUT2D eigenvalue weighted by atomic mass is 9.98. The van der Waals surface area contributed by atoms with Crippen LogP contribution >= 0.6 is 0 Å². The van der Waals surface area contributed by atoms with E-state index in [1.807, 2.05) is 24.3 Å². The lowest BCUT2D eigenvalue weighted by Crippen LogP contribution is -2.37. The van der Waals surface area contributed by atoms with E-state index in [0.717, 1.165) is 12.0 Å². The molecular formula is C16H14N2O3. The molecular weight excluding hydrogens is 268 g/mol. The van der Waals surface area contributed by atoms with Gasteiger partial charge in [0.1, 0.15) is 0 Å². The normalized spacial score (nSPS) is 13.9. The van der Waals surface area contributed by atoms with Crippen molar-refractivity contribution in [3.63, 3.8) is 0 Å². The van der Waals surface area contributed by atoms with E-state index in [2.05, 4.69) is 0 Å². The first-order valence-electron chi connectivity index (χ1n) is 6.76. The van der Waals surface area contributed by atoms with Gasteiger partial charge in [-0.2, -0.15) is 0 Å². The number of nitrogens with zero attached hydrogens (tertiary/aromatic N) is 2. The first-order chi connectivity index (χ1) is 10.2. The minimum absolute atomic E-state index is 0.0594. The maximum Gasteiger partial charge on any atom is 0.274 e. The number of carbonyl (C=O) groups is 1. The van der Waals surface area contributed by atoms with Crippen LogP contribution in [0.2, 0.25) is 0 Å². The fourth-order valence-electron chi connectivity index (χ4n) is 2.65. The van der Waals surface area contributed by atoms with Gasteiger partial charge in [-0.15, -0.1) is 0 Å². The molecule has 3 rings (SSSR count). The second kappa shape index (κ2) is 5.36. The van der Waals surface area contributed by atoms with E-state index < -0.39 is 4.92 Å². The third-order valence-corrected chi connectivity index (χ3v) is 3.74. The largest absolute Gasteiger partial charge is 0.334 e. The number of hydrogen-bond acceptors (Lipinski definition) is 3. The summed E-state index contributed by atoms with van der Waals surface area (Å²) in [6.07, 6.45) is 0.780. The van der Waals surface area contributed by atoms with Gasteiger partial charge >= 0.3 is 0 Å². The van der Waals surface area contributed by atoms with Crippen molar-refractivity contribution in [2.45, 2.75) is 13.0 Å². The molecule has 0 fully saturated rings. The zero-order valence-electron chi connectivity index (χ0n) is 11.4. The second-order valence-electron chi connectivity index (χ2n) is 5.02. The summed E-state index contributed by atoms with van der Waals surface area (Å²) in [7, 11) is 0. The number of nitro groups is 1. The monoisotopic (exact) mass is 282 g/mol. The highest BCUT2D eigenvalue weighted by atomic mass is 16.6. The Morgan fingerprint density at radius 3 is 2.62 bits per heavy atom. The summed E-state index contributed by atoms with van der Waals surface area (Å²) in [5.41, 5.74) is 2.36. The Kier molecular flexibility index (Phi) is 3.39. The summed E-state index contributed by atoms with van der Waals surface area (Å²) in [5.74, 6) is -0.0602. The third kappa shape index (κ3) is 2.50. The third-order valence-electron chi connectivity index (χ3n) is 3.74. The second-order valence-corrected chi connectivity index (χ2v) is 5.02. The van der Waals surface area contributed by atoms with Crippen LogP contribution in [0.1, 0.15) is 21.5 Å². The number of nitro benzene ring substituents is 1. The quantitative estimate of drug-likeness (QED) is 0.642. The van der Waals surface area contributed by atoms with E-state index in [4.69, 9.17) is 0 Å². The zero-order valence-corrected chi connectivity index (χ0v) is 11.4. The van der Waals surface area contributed by atoms with Gasteiger partial charge in [-0.05, 0) is 18.1 Å². The average molecular weight is 282 g/mol. The summed E-state index contributed by atoms with van der Waals surface area (Å²) in [6.45, 7) is 0.853. The summed E-state index contributed by atoms with van der Waals surface area (Å²) >= 11 is 0. The number of para-hydroxylation sites is 1. The maximum absolute atomic E-state index is 12.5. The van der Waals surface area contributed by atoms with Crippen LogP contribution in [0.4, 0.5) is 5.69 Å². The molecule has 0 unspecified atom stereocenters. The van der Waals surface area contributed by atoms with Crippen molar-refractivity contribution in [2.24, 2.45) is 0 Å². The molecule has 21 heavy (non-hydrogen) atoms. The highest BCUT2D eigenvalue weighted by Gasteiger charge is 2.25. The summed E-state index contributed by atoms with van der Waals surface area (Å²) in [6, 6.07) is 14.1. The molecule has 0 saturated carbocycles. The first kappa shape index (κ1) is 13.3. The van der Waals surface area contributed by atoms with Crippen LogP contribution in [0.15, 0.2) is 48.5 Å². The van der Waals surface area contributed by atoms with Crippen molar-refractivity contribution < 1.29 is 9.72 Å². The van der Waals surface area contributed by atoms with Gasteiger partial charge in [-0.1, -0.05) is 36.4 Å². The molecule has 1 aliphatic heterocycles. The standard InChI is InChI=1S/C16H14N2O3/c19-16-14-7-3-1-5-12(14)9-10-17(16)11-13-6-2-4-8-15(13)18(20)21/h1-8H,9-11H2. The van der Waals surface area contributed by atoms with Crippen LogP contribution < -0.4 is 0 Å². The molecule has 1 aliphatic rings. The van der Waals surface area contributed by atoms with Gasteiger partial charge in [0.2, 0.25) is 0 Å². The Morgan fingerprint density at radius 1 is 1.10 bits per heavy atom. The molecule has 5 heteroatoms. The number of rotatable bonds is 3. The van der Waals surface area contributed by atoms with E-state index in [0.29, 0.717) is 17.7 Å². The van der Waals surface area contributed by atoms with E-state index in [-0.39, 0.29) is 18.1 Å². The van der Waals surface area contributed by atoms with Crippen molar-refractivity contribution in [1.29, 1.82) is 0 Å². The van der Waals surface area contributed by atoms with Crippen LogP contribution in [-0.4, -0.2) is 22.3 Å². The van der Waals surface area contributed by atoms with Crippen LogP contribution in [0.5, 0.6) is 0 Å². The van der Waals surface area contributed by atoms with Gasteiger partial charge in [-0.3, -0.25) is 14.9 Å². The highest BCUT2D eigenvalue weighted by Crippen LogP contribution is 2.24. The Labute approximate surface area is 122 Å². The van der Waals surface area contributed by atoms with Crippen molar-refractivity contribution in [3.8, 4) is 0 Å². The van der Waals surface area contributed by atoms with Crippen LogP contribution in [0.3, 0.4) is 0 Å². The fraction of sp³-hybridized carbons (Fsp3) is 0.188. The Bertz CT molecular complexity index is 712. The molecule has 2 aromatic carbocycles. The minimum Gasteiger partial charge on any atom is -0.334 e. The first-order valence-corrected chi connectivity index (χ1v) is 6.76. The van der Waals surface area contributed by atoms with Gasteiger partial charge in [0, 0.05) is 23.7 Å². The van der Waals surface area contributed by atoms with E-state index >= 15 is 0 Å². The van der Waals surface area contributed by atoms with Gasteiger partial charge < -0.3 is 4.90 Å². The molecule has 0 aliphatic carbocycles. The van der Waals surface area contributed by atoms with Gasteiger partial charge in [0.25, 0.3) is 11.6 Å². The zero-order chi connectivity index (χ0) is 14.8. The predicted octanol–water partition coefficient (Wildman–Crippen LogP) is 2.79. The number of carbonyl (C=O) groups excluding carboxylic acids is 1. The average Bonchev–Trinajstić information content (AvgIpc) is 2.51. The molecule has 0 atom stereocenters. The van der Waals surface area contributed by atoms with Crippen molar-refractivity contribution in [3.05, 3.63) is 75.3 Å². The molecule has 0 N–H and O–H groups in total. The number of hydrogen-bond donors (Lipinski definition) is 0. The van der Waals surface area contributed by atoms with Gasteiger partial charge in [-0.25, -0.2) is 0 Å². The number of benzene rings is 2. The Morgan fingerprint density at radius 2 is 1.81 bits per heavy atom. The SMILES string of the molecule is O=C1c2ccccc2CCN1Cc1ccccc1[N+](=O)[O-]. The molecule has 2 aromatic rings. The van der Waals surface area contributed by atoms with Crippen LogP contribution in [0.25, 0.3) is 0 Å². The molecule has 0 aromatic heterocycles. The minimum atomic E-state index is -0.405. The molecule has 1 amide bonds. The molecule has 1 heterocycles.